The van der Waals surface area contributed by atoms with Crippen LogP contribution in [0.5, 0.6) is 5.75 Å². The smallest absolute Gasteiger partial charge is 0.188 e. The van der Waals surface area contributed by atoms with Crippen molar-refractivity contribution in [2.24, 2.45) is 11.8 Å². The van der Waals surface area contributed by atoms with E-state index in [-0.39, 0.29) is 0 Å². The van der Waals surface area contributed by atoms with Crippen LogP contribution in [0, 0.1) is 23.5 Å². The van der Waals surface area contributed by atoms with Gasteiger partial charge in [0.2, 0.25) is 0 Å². The van der Waals surface area contributed by atoms with Crippen molar-refractivity contribution in [2.45, 2.75) is 63.7 Å². The van der Waals surface area contributed by atoms with Gasteiger partial charge in [0.15, 0.2) is 17.4 Å². The summed E-state index contributed by atoms with van der Waals surface area (Å²) in [7, 11) is 0. The fraction of sp³-hybridized carbons (Fsp3) is 0.545. The summed E-state index contributed by atoms with van der Waals surface area (Å²) in [6.45, 7) is 0. The molecule has 0 unspecified atom stereocenters. The zero-order valence-corrected chi connectivity index (χ0v) is 14.6. The maximum absolute atomic E-state index is 14.0. The van der Waals surface area contributed by atoms with Gasteiger partial charge in [0.1, 0.15) is 0 Å². The zero-order chi connectivity index (χ0) is 17.4. The molecule has 25 heavy (non-hydrogen) atoms. The number of hydrogen-bond acceptors (Lipinski definition) is 1. The monoisotopic (exact) mass is 344 g/mol. The highest BCUT2D eigenvalue weighted by molar-refractivity contribution is 5.85. The van der Waals surface area contributed by atoms with Gasteiger partial charge in [-0.15, -0.1) is 0 Å². The Labute approximate surface area is 148 Å². The molecule has 0 heterocycles. The first-order chi connectivity index (χ1) is 12.1. The standard InChI is InChI=1S/C22H26F2O/c23-20-13-18-12-17(10-11-19(18)21(24)22(20)25)16-8-6-15(7-9-16)14-4-2-1-3-5-14/h10-16,25H,1-9H2. The van der Waals surface area contributed by atoms with Gasteiger partial charge in [-0.2, -0.15) is 0 Å². The molecule has 0 saturated heterocycles. The Morgan fingerprint density at radius 3 is 2.20 bits per heavy atom. The largest absolute Gasteiger partial charge is 0.503 e. The lowest BCUT2D eigenvalue weighted by atomic mass is 9.70. The number of aromatic hydroxyl groups is 1. The molecule has 2 aliphatic carbocycles. The Kier molecular flexibility index (Phi) is 4.66. The summed E-state index contributed by atoms with van der Waals surface area (Å²) >= 11 is 0. The average Bonchev–Trinajstić information content (AvgIpc) is 2.67. The number of phenols is 1. The van der Waals surface area contributed by atoms with Crippen LogP contribution >= 0.6 is 0 Å². The van der Waals surface area contributed by atoms with Crippen LogP contribution in [0.15, 0.2) is 24.3 Å². The molecule has 0 bridgehead atoms. The van der Waals surface area contributed by atoms with E-state index in [2.05, 4.69) is 0 Å². The van der Waals surface area contributed by atoms with Crippen LogP contribution in [0.1, 0.15) is 69.3 Å². The van der Waals surface area contributed by atoms with E-state index in [1.54, 1.807) is 6.07 Å². The molecule has 0 aromatic heterocycles. The lowest BCUT2D eigenvalue weighted by Crippen LogP contribution is -2.23. The van der Waals surface area contributed by atoms with Gasteiger partial charge in [-0.25, -0.2) is 8.78 Å². The summed E-state index contributed by atoms with van der Waals surface area (Å²) in [5, 5.41) is 10.3. The van der Waals surface area contributed by atoms with Crippen LogP contribution < -0.4 is 0 Å². The number of halogens is 2. The Hall–Kier alpha value is -1.64. The molecule has 0 aliphatic heterocycles. The molecule has 0 spiro atoms. The third kappa shape index (κ3) is 3.26. The van der Waals surface area contributed by atoms with Gasteiger partial charge in [0, 0.05) is 5.39 Å². The van der Waals surface area contributed by atoms with Gasteiger partial charge in [0.25, 0.3) is 0 Å². The summed E-state index contributed by atoms with van der Waals surface area (Å²) < 4.78 is 27.7. The normalized spacial score (nSPS) is 25.4. The second kappa shape index (κ2) is 6.93. The minimum atomic E-state index is -0.886. The van der Waals surface area contributed by atoms with Crippen LogP contribution in [-0.4, -0.2) is 5.11 Å². The average molecular weight is 344 g/mol. The minimum Gasteiger partial charge on any atom is -0.503 e. The zero-order valence-electron chi connectivity index (χ0n) is 14.6. The van der Waals surface area contributed by atoms with E-state index in [4.69, 9.17) is 0 Å². The highest BCUT2D eigenvalue weighted by Crippen LogP contribution is 2.43. The van der Waals surface area contributed by atoms with Crippen LogP contribution in [-0.2, 0) is 0 Å². The Morgan fingerprint density at radius 1 is 0.800 bits per heavy atom. The SMILES string of the molecule is Oc1c(F)cc2cc(C3CCC(C4CCCCC4)CC3)ccc2c1F. The summed E-state index contributed by atoms with van der Waals surface area (Å²) in [6.07, 6.45) is 12.0. The van der Waals surface area contributed by atoms with E-state index in [1.807, 2.05) is 12.1 Å². The fourth-order valence-electron chi connectivity index (χ4n) is 5.12. The number of fused-ring (bicyclic) bond motifs is 1. The highest BCUT2D eigenvalue weighted by Gasteiger charge is 2.29. The van der Waals surface area contributed by atoms with Crippen molar-refractivity contribution in [2.75, 3.05) is 0 Å². The van der Waals surface area contributed by atoms with Crippen LogP contribution in [0.2, 0.25) is 0 Å². The van der Waals surface area contributed by atoms with Gasteiger partial charge in [-0.1, -0.05) is 50.3 Å². The van der Waals surface area contributed by atoms with Crippen molar-refractivity contribution in [3.63, 3.8) is 0 Å². The molecule has 0 atom stereocenters. The van der Waals surface area contributed by atoms with E-state index in [9.17, 15) is 13.9 Å². The van der Waals surface area contributed by atoms with Gasteiger partial charge in [-0.05, 0) is 60.5 Å². The summed E-state index contributed by atoms with van der Waals surface area (Å²) in [5.74, 6) is -0.329. The van der Waals surface area contributed by atoms with Crippen molar-refractivity contribution in [3.05, 3.63) is 41.5 Å². The predicted molar refractivity (Wildman–Crippen MR) is 96.8 cm³/mol. The second-order valence-corrected chi connectivity index (χ2v) is 8.01. The molecule has 1 N–H and O–H groups in total. The highest BCUT2D eigenvalue weighted by atomic mass is 19.1. The van der Waals surface area contributed by atoms with Crippen molar-refractivity contribution >= 4 is 10.8 Å². The molecule has 2 fully saturated rings. The van der Waals surface area contributed by atoms with Crippen LogP contribution in [0.25, 0.3) is 10.8 Å². The molecular weight excluding hydrogens is 318 g/mol. The van der Waals surface area contributed by atoms with Crippen molar-refractivity contribution in [1.29, 1.82) is 0 Å². The number of phenolic OH excluding ortho intramolecular Hbond substituents is 1. The molecule has 0 amide bonds. The lowest BCUT2D eigenvalue weighted by Gasteiger charge is -2.36. The maximum atomic E-state index is 14.0. The molecule has 2 saturated carbocycles. The third-order valence-electron chi connectivity index (χ3n) is 6.59. The Morgan fingerprint density at radius 2 is 1.48 bits per heavy atom. The van der Waals surface area contributed by atoms with E-state index >= 15 is 0 Å². The predicted octanol–water partition coefficient (Wildman–Crippen LogP) is 6.68. The molecule has 0 radical (unpaired) electrons. The molecule has 2 aromatic carbocycles. The summed E-state index contributed by atoms with van der Waals surface area (Å²) in [4.78, 5) is 0. The number of rotatable bonds is 2. The number of hydrogen-bond donors (Lipinski definition) is 1. The van der Waals surface area contributed by atoms with Gasteiger partial charge in [-0.3, -0.25) is 0 Å². The molecule has 134 valence electrons. The van der Waals surface area contributed by atoms with E-state index in [1.165, 1.54) is 69.4 Å². The molecule has 4 rings (SSSR count). The lowest BCUT2D eigenvalue weighted by molar-refractivity contribution is 0.186. The first kappa shape index (κ1) is 16.8. The molecule has 1 nitrogen and oxygen atoms in total. The summed E-state index contributed by atoms with van der Waals surface area (Å²) in [5.41, 5.74) is 1.18. The van der Waals surface area contributed by atoms with Crippen LogP contribution in [0.4, 0.5) is 8.78 Å². The minimum absolute atomic E-state index is 0.290. The first-order valence-corrected chi connectivity index (χ1v) is 9.74. The molecular formula is C22H26F2O. The molecule has 2 aromatic rings. The number of benzene rings is 2. The third-order valence-corrected chi connectivity index (χ3v) is 6.59. The van der Waals surface area contributed by atoms with Crippen molar-refractivity contribution in [3.8, 4) is 5.75 Å². The summed E-state index contributed by atoms with van der Waals surface area (Å²) in [6, 6.07) is 6.79. The Balaban J connectivity index is 1.50. The second-order valence-electron chi connectivity index (χ2n) is 8.01. The fourth-order valence-corrected chi connectivity index (χ4v) is 5.12. The topological polar surface area (TPSA) is 20.2 Å². The quantitative estimate of drug-likeness (QED) is 0.644. The van der Waals surface area contributed by atoms with E-state index in [0.717, 1.165) is 11.8 Å². The molecule has 3 heteroatoms. The van der Waals surface area contributed by atoms with Gasteiger partial charge in [0.05, 0.1) is 0 Å². The van der Waals surface area contributed by atoms with Crippen LogP contribution in [0.3, 0.4) is 0 Å². The van der Waals surface area contributed by atoms with Crippen molar-refractivity contribution < 1.29 is 13.9 Å². The van der Waals surface area contributed by atoms with Gasteiger partial charge >= 0.3 is 0 Å². The maximum Gasteiger partial charge on any atom is 0.188 e. The van der Waals surface area contributed by atoms with Gasteiger partial charge < -0.3 is 5.11 Å². The first-order valence-electron chi connectivity index (χ1n) is 9.74. The molecule has 2 aliphatic rings. The Bertz CT molecular complexity index is 756. The van der Waals surface area contributed by atoms with E-state index < -0.39 is 17.4 Å². The van der Waals surface area contributed by atoms with Crippen molar-refractivity contribution in [1.82, 2.24) is 0 Å². The van der Waals surface area contributed by atoms with E-state index in [0.29, 0.717) is 16.7 Å².